The van der Waals surface area contributed by atoms with Crippen molar-refractivity contribution in [2.45, 2.75) is 6.92 Å². The van der Waals surface area contributed by atoms with E-state index in [1.165, 1.54) is 12.4 Å². The Hall–Kier alpha value is -1.69. The number of nitrogens with zero attached hydrogens (tertiary/aromatic N) is 2. The second-order valence-electron chi connectivity index (χ2n) is 3.60. The van der Waals surface area contributed by atoms with Crippen molar-refractivity contribution in [3.63, 3.8) is 0 Å². The molecule has 0 aliphatic rings. The SMILES string of the molecule is CNc1ncnc(Oc2ccc(F)c(C)c2)c1Br. The van der Waals surface area contributed by atoms with Gasteiger partial charge in [-0.15, -0.1) is 0 Å². The Balaban J connectivity index is 2.31. The highest BCUT2D eigenvalue weighted by molar-refractivity contribution is 9.10. The third kappa shape index (κ3) is 2.59. The molecule has 0 unspecified atom stereocenters. The maximum atomic E-state index is 13.1. The lowest BCUT2D eigenvalue weighted by molar-refractivity contribution is 0.456. The molecule has 6 heteroatoms. The highest BCUT2D eigenvalue weighted by Gasteiger charge is 2.10. The van der Waals surface area contributed by atoms with Crippen LogP contribution in [-0.2, 0) is 0 Å². The summed E-state index contributed by atoms with van der Waals surface area (Å²) in [6, 6.07) is 4.53. The lowest BCUT2D eigenvalue weighted by atomic mass is 10.2. The Morgan fingerprint density at radius 3 is 2.78 bits per heavy atom. The van der Waals surface area contributed by atoms with Gasteiger partial charge in [0.25, 0.3) is 0 Å². The lowest BCUT2D eigenvalue weighted by Crippen LogP contribution is -1.98. The summed E-state index contributed by atoms with van der Waals surface area (Å²) in [4.78, 5) is 8.04. The first-order valence-electron chi connectivity index (χ1n) is 5.24. The highest BCUT2D eigenvalue weighted by Crippen LogP contribution is 2.31. The van der Waals surface area contributed by atoms with Gasteiger partial charge in [-0.2, -0.15) is 0 Å². The topological polar surface area (TPSA) is 47.0 Å². The second kappa shape index (κ2) is 5.30. The average Bonchev–Trinajstić information content (AvgIpc) is 2.36. The fraction of sp³-hybridized carbons (Fsp3) is 0.167. The van der Waals surface area contributed by atoms with Gasteiger partial charge in [0.2, 0.25) is 5.88 Å². The largest absolute Gasteiger partial charge is 0.438 e. The summed E-state index contributed by atoms with van der Waals surface area (Å²) in [7, 11) is 1.75. The first-order chi connectivity index (χ1) is 8.61. The van der Waals surface area contributed by atoms with E-state index in [1.807, 2.05) is 0 Å². The normalized spacial score (nSPS) is 10.2. The van der Waals surface area contributed by atoms with Crippen LogP contribution in [0.2, 0.25) is 0 Å². The standard InChI is InChI=1S/C12H11BrFN3O/c1-7-5-8(3-4-9(7)14)18-12-10(13)11(15-2)16-6-17-12/h3-6H,1-2H3,(H,15,16,17). The van der Waals surface area contributed by atoms with Gasteiger partial charge in [-0.3, -0.25) is 0 Å². The third-order valence-corrected chi connectivity index (χ3v) is 3.05. The summed E-state index contributed by atoms with van der Waals surface area (Å²) in [6.45, 7) is 1.68. The monoisotopic (exact) mass is 311 g/mol. The number of anilines is 1. The first kappa shape index (κ1) is 12.8. The van der Waals surface area contributed by atoms with Gasteiger partial charge in [0.15, 0.2) is 0 Å². The van der Waals surface area contributed by atoms with Crippen LogP contribution in [0.15, 0.2) is 29.0 Å². The lowest BCUT2D eigenvalue weighted by Gasteiger charge is -2.09. The number of aromatic nitrogens is 2. The molecule has 1 aromatic heterocycles. The number of nitrogens with one attached hydrogen (secondary N) is 1. The van der Waals surface area contributed by atoms with Crippen molar-refractivity contribution in [2.75, 3.05) is 12.4 Å². The van der Waals surface area contributed by atoms with Gasteiger partial charge in [-0.1, -0.05) is 0 Å². The summed E-state index contributed by atoms with van der Waals surface area (Å²) in [6.07, 6.45) is 1.39. The average molecular weight is 312 g/mol. The van der Waals surface area contributed by atoms with Crippen LogP contribution in [0.5, 0.6) is 11.6 Å². The molecule has 1 aromatic carbocycles. The Kier molecular flexibility index (Phi) is 3.76. The van der Waals surface area contributed by atoms with Crippen LogP contribution in [0.3, 0.4) is 0 Å². The Bertz CT molecular complexity index is 577. The summed E-state index contributed by atoms with van der Waals surface area (Å²) in [5.74, 6) is 1.26. The van der Waals surface area contributed by atoms with Crippen LogP contribution in [-0.4, -0.2) is 17.0 Å². The Morgan fingerprint density at radius 2 is 2.11 bits per heavy atom. The van der Waals surface area contributed by atoms with Crippen molar-refractivity contribution in [1.29, 1.82) is 0 Å². The Labute approximate surface area is 112 Å². The van der Waals surface area contributed by atoms with Crippen LogP contribution >= 0.6 is 15.9 Å². The molecule has 0 saturated heterocycles. The highest BCUT2D eigenvalue weighted by atomic mass is 79.9. The molecule has 0 fully saturated rings. The van der Waals surface area contributed by atoms with E-state index in [4.69, 9.17) is 4.74 Å². The van der Waals surface area contributed by atoms with Crippen molar-refractivity contribution >= 4 is 21.7 Å². The van der Waals surface area contributed by atoms with Crippen LogP contribution in [0.25, 0.3) is 0 Å². The molecule has 2 aromatic rings. The molecule has 0 spiro atoms. The van der Waals surface area contributed by atoms with Gasteiger partial charge in [-0.25, -0.2) is 14.4 Å². The van der Waals surface area contributed by atoms with E-state index < -0.39 is 0 Å². The molecule has 1 heterocycles. The summed E-state index contributed by atoms with van der Waals surface area (Å²) < 4.78 is 19.3. The molecular weight excluding hydrogens is 301 g/mol. The zero-order valence-corrected chi connectivity index (χ0v) is 11.5. The summed E-state index contributed by atoms with van der Waals surface area (Å²) >= 11 is 3.35. The first-order valence-corrected chi connectivity index (χ1v) is 6.03. The predicted molar refractivity (Wildman–Crippen MR) is 70.5 cm³/mol. The molecule has 0 aliphatic heterocycles. The van der Waals surface area contributed by atoms with Crippen molar-refractivity contribution in [1.82, 2.24) is 9.97 Å². The van der Waals surface area contributed by atoms with Crippen LogP contribution in [0.1, 0.15) is 5.56 Å². The number of halogens is 2. The van der Waals surface area contributed by atoms with Crippen molar-refractivity contribution in [3.05, 3.63) is 40.4 Å². The second-order valence-corrected chi connectivity index (χ2v) is 4.40. The number of aryl methyl sites for hydroxylation is 1. The smallest absolute Gasteiger partial charge is 0.238 e. The van der Waals surface area contributed by atoms with E-state index in [0.29, 0.717) is 27.5 Å². The number of hydrogen-bond donors (Lipinski definition) is 1. The molecule has 0 saturated carbocycles. The van der Waals surface area contributed by atoms with E-state index in [9.17, 15) is 4.39 Å². The van der Waals surface area contributed by atoms with E-state index in [0.717, 1.165) is 0 Å². The number of ether oxygens (including phenoxy) is 1. The van der Waals surface area contributed by atoms with Crippen LogP contribution in [0.4, 0.5) is 10.2 Å². The molecule has 0 radical (unpaired) electrons. The maximum absolute atomic E-state index is 13.1. The number of hydrogen-bond acceptors (Lipinski definition) is 4. The maximum Gasteiger partial charge on any atom is 0.238 e. The van der Waals surface area contributed by atoms with Crippen LogP contribution < -0.4 is 10.1 Å². The molecular formula is C12H11BrFN3O. The fourth-order valence-corrected chi connectivity index (χ4v) is 1.88. The molecule has 1 N–H and O–H groups in total. The van der Waals surface area contributed by atoms with Crippen molar-refractivity contribution in [3.8, 4) is 11.6 Å². The van der Waals surface area contributed by atoms with E-state index in [2.05, 4.69) is 31.2 Å². The van der Waals surface area contributed by atoms with E-state index in [-0.39, 0.29) is 5.82 Å². The van der Waals surface area contributed by atoms with E-state index in [1.54, 1.807) is 26.1 Å². The van der Waals surface area contributed by atoms with Gasteiger partial charge in [0.1, 0.15) is 28.2 Å². The van der Waals surface area contributed by atoms with Crippen molar-refractivity contribution in [2.24, 2.45) is 0 Å². The fourth-order valence-electron chi connectivity index (χ4n) is 1.39. The summed E-state index contributed by atoms with van der Waals surface area (Å²) in [5, 5.41) is 2.90. The molecule has 4 nitrogen and oxygen atoms in total. The quantitative estimate of drug-likeness (QED) is 0.942. The zero-order valence-electron chi connectivity index (χ0n) is 9.87. The molecule has 18 heavy (non-hydrogen) atoms. The van der Waals surface area contributed by atoms with Gasteiger partial charge >= 0.3 is 0 Å². The van der Waals surface area contributed by atoms with Gasteiger partial charge in [0.05, 0.1) is 0 Å². The molecule has 0 bridgehead atoms. The minimum atomic E-state index is -0.264. The number of benzene rings is 1. The van der Waals surface area contributed by atoms with E-state index >= 15 is 0 Å². The predicted octanol–water partition coefficient (Wildman–Crippen LogP) is 3.52. The Morgan fingerprint density at radius 1 is 1.33 bits per heavy atom. The van der Waals surface area contributed by atoms with Gasteiger partial charge in [-0.05, 0) is 46.6 Å². The zero-order chi connectivity index (χ0) is 13.1. The molecule has 2 rings (SSSR count). The van der Waals surface area contributed by atoms with Gasteiger partial charge < -0.3 is 10.1 Å². The summed E-state index contributed by atoms with van der Waals surface area (Å²) in [5.41, 5.74) is 0.520. The molecule has 0 amide bonds. The van der Waals surface area contributed by atoms with Gasteiger partial charge in [0, 0.05) is 7.05 Å². The van der Waals surface area contributed by atoms with Crippen molar-refractivity contribution < 1.29 is 9.13 Å². The van der Waals surface area contributed by atoms with Crippen LogP contribution in [0, 0.1) is 12.7 Å². The molecule has 0 atom stereocenters. The molecule has 94 valence electrons. The molecule has 0 aliphatic carbocycles. The minimum absolute atomic E-state index is 0.264. The third-order valence-electron chi connectivity index (χ3n) is 2.34. The number of rotatable bonds is 3. The minimum Gasteiger partial charge on any atom is -0.438 e.